The van der Waals surface area contributed by atoms with E-state index in [2.05, 4.69) is 5.32 Å². The van der Waals surface area contributed by atoms with Gasteiger partial charge >= 0.3 is 5.97 Å². The largest absolute Gasteiger partial charge is 0.494 e. The number of carboxylic acid groups (broad SMARTS) is 1. The van der Waals surface area contributed by atoms with Crippen molar-refractivity contribution in [3.8, 4) is 5.75 Å². The molecule has 1 aromatic carbocycles. The lowest BCUT2D eigenvalue weighted by atomic mass is 10.1. The molecule has 1 aromatic rings. The fourth-order valence-corrected chi connectivity index (χ4v) is 1.89. The first-order valence-corrected chi connectivity index (χ1v) is 6.50. The van der Waals surface area contributed by atoms with Crippen LogP contribution in [0.4, 0.5) is 4.39 Å². The van der Waals surface area contributed by atoms with Crippen LogP contribution in [0.1, 0.15) is 18.4 Å². The molecule has 0 heterocycles. The quantitative estimate of drug-likeness (QED) is 0.785. The lowest BCUT2D eigenvalue weighted by Crippen LogP contribution is -2.33. The molecule has 0 aliphatic heterocycles. The number of ether oxygens (including phenoxy) is 1. The molecule has 2 rings (SSSR count). The highest BCUT2D eigenvalue weighted by Gasteiger charge is 2.50. The molecule has 5 nitrogen and oxygen atoms in total. The molecule has 1 aliphatic rings. The first kappa shape index (κ1) is 15.0. The highest BCUT2D eigenvalue weighted by atomic mass is 19.1. The third kappa shape index (κ3) is 3.59. The Labute approximate surface area is 121 Å². The van der Waals surface area contributed by atoms with Gasteiger partial charge in [-0.1, -0.05) is 6.07 Å². The van der Waals surface area contributed by atoms with Crippen LogP contribution in [0.5, 0.6) is 5.75 Å². The first-order chi connectivity index (χ1) is 9.97. The van der Waals surface area contributed by atoms with Gasteiger partial charge in [-0.3, -0.25) is 9.59 Å². The summed E-state index contributed by atoms with van der Waals surface area (Å²) in [7, 11) is 1.37. The molecule has 0 atom stereocenters. The van der Waals surface area contributed by atoms with E-state index < -0.39 is 23.1 Å². The van der Waals surface area contributed by atoms with Crippen LogP contribution in [0.3, 0.4) is 0 Å². The van der Waals surface area contributed by atoms with Crippen molar-refractivity contribution in [2.75, 3.05) is 13.7 Å². The Morgan fingerprint density at radius 1 is 1.48 bits per heavy atom. The molecule has 6 heteroatoms. The second-order valence-corrected chi connectivity index (χ2v) is 5.03. The zero-order valence-corrected chi connectivity index (χ0v) is 11.6. The topological polar surface area (TPSA) is 75.6 Å². The Morgan fingerprint density at radius 2 is 2.19 bits per heavy atom. The summed E-state index contributed by atoms with van der Waals surface area (Å²) in [4.78, 5) is 22.6. The number of methoxy groups -OCH3 is 1. The second kappa shape index (κ2) is 5.95. The molecule has 0 radical (unpaired) electrons. The standard InChI is InChI=1S/C15H16FNO4/c1-21-12-4-2-10(8-11(12)16)3-5-13(18)17-9-15(6-7-15)14(19)20/h2-5,8H,6-7,9H2,1H3,(H,17,18)(H,19,20)/b5-3+. The molecule has 0 bridgehead atoms. The van der Waals surface area contributed by atoms with Crippen molar-refractivity contribution in [1.82, 2.24) is 5.32 Å². The minimum Gasteiger partial charge on any atom is -0.494 e. The van der Waals surface area contributed by atoms with Crippen LogP contribution in [0.25, 0.3) is 6.08 Å². The lowest BCUT2D eigenvalue weighted by Gasteiger charge is -2.09. The van der Waals surface area contributed by atoms with Crippen molar-refractivity contribution >= 4 is 18.0 Å². The molecule has 1 aliphatic carbocycles. The van der Waals surface area contributed by atoms with E-state index >= 15 is 0 Å². The van der Waals surface area contributed by atoms with E-state index in [4.69, 9.17) is 9.84 Å². The SMILES string of the molecule is COc1ccc(/C=C/C(=O)NCC2(C(=O)O)CC2)cc1F. The number of rotatable bonds is 6. The molecule has 21 heavy (non-hydrogen) atoms. The molecule has 0 spiro atoms. The van der Waals surface area contributed by atoms with Crippen LogP contribution in [-0.4, -0.2) is 30.6 Å². The Morgan fingerprint density at radius 3 is 2.71 bits per heavy atom. The minimum absolute atomic E-state index is 0.114. The molecule has 1 saturated carbocycles. The van der Waals surface area contributed by atoms with Gasteiger partial charge in [0.25, 0.3) is 0 Å². The second-order valence-electron chi connectivity index (χ2n) is 5.03. The Hall–Kier alpha value is -2.37. The average molecular weight is 293 g/mol. The minimum atomic E-state index is -0.885. The summed E-state index contributed by atoms with van der Waals surface area (Å²) in [5, 5.41) is 11.5. The van der Waals surface area contributed by atoms with Gasteiger partial charge in [-0.2, -0.15) is 0 Å². The van der Waals surface area contributed by atoms with Crippen molar-refractivity contribution in [2.24, 2.45) is 5.41 Å². The van der Waals surface area contributed by atoms with Crippen LogP contribution in [0.2, 0.25) is 0 Å². The average Bonchev–Trinajstić information content (AvgIpc) is 3.24. The summed E-state index contributed by atoms with van der Waals surface area (Å²) in [6.07, 6.45) is 3.86. The van der Waals surface area contributed by atoms with Gasteiger partial charge in [-0.15, -0.1) is 0 Å². The fourth-order valence-electron chi connectivity index (χ4n) is 1.89. The Kier molecular flexibility index (Phi) is 4.26. The maximum atomic E-state index is 13.5. The molecule has 1 amide bonds. The van der Waals surface area contributed by atoms with Crippen LogP contribution in [-0.2, 0) is 9.59 Å². The zero-order valence-electron chi connectivity index (χ0n) is 11.6. The number of hydrogen-bond acceptors (Lipinski definition) is 3. The number of carbonyl (C=O) groups excluding carboxylic acids is 1. The van der Waals surface area contributed by atoms with Gasteiger partial charge in [0.15, 0.2) is 11.6 Å². The molecule has 2 N–H and O–H groups in total. The van der Waals surface area contributed by atoms with E-state index in [9.17, 15) is 14.0 Å². The zero-order chi connectivity index (χ0) is 15.5. The monoisotopic (exact) mass is 293 g/mol. The number of aliphatic carboxylic acids is 1. The van der Waals surface area contributed by atoms with Crippen LogP contribution < -0.4 is 10.1 Å². The fraction of sp³-hybridized carbons (Fsp3) is 0.333. The number of halogens is 1. The van der Waals surface area contributed by atoms with Gasteiger partial charge in [-0.05, 0) is 36.6 Å². The number of nitrogens with one attached hydrogen (secondary N) is 1. The summed E-state index contributed by atoms with van der Waals surface area (Å²) in [6, 6.07) is 4.34. The number of amides is 1. The van der Waals surface area contributed by atoms with Gasteiger partial charge in [0.05, 0.1) is 12.5 Å². The maximum absolute atomic E-state index is 13.5. The van der Waals surface area contributed by atoms with E-state index in [-0.39, 0.29) is 12.3 Å². The molecule has 0 unspecified atom stereocenters. The van der Waals surface area contributed by atoms with E-state index in [0.717, 1.165) is 0 Å². The highest BCUT2D eigenvalue weighted by Crippen LogP contribution is 2.45. The van der Waals surface area contributed by atoms with E-state index in [1.54, 1.807) is 6.07 Å². The molecule has 1 fully saturated rings. The van der Waals surface area contributed by atoms with E-state index in [1.807, 2.05) is 0 Å². The molecule has 0 aromatic heterocycles. The highest BCUT2D eigenvalue weighted by molar-refractivity contribution is 5.92. The predicted octanol–water partition coefficient (Wildman–Crippen LogP) is 1.83. The van der Waals surface area contributed by atoms with Crippen molar-refractivity contribution in [1.29, 1.82) is 0 Å². The van der Waals surface area contributed by atoms with Crippen molar-refractivity contribution < 1.29 is 23.8 Å². The Balaban J connectivity index is 1.90. The number of benzene rings is 1. The van der Waals surface area contributed by atoms with Crippen molar-refractivity contribution in [3.63, 3.8) is 0 Å². The smallest absolute Gasteiger partial charge is 0.311 e. The van der Waals surface area contributed by atoms with Gasteiger partial charge in [0, 0.05) is 12.6 Å². The van der Waals surface area contributed by atoms with Gasteiger partial charge in [0.1, 0.15) is 0 Å². The summed E-state index contributed by atoms with van der Waals surface area (Å²) >= 11 is 0. The van der Waals surface area contributed by atoms with E-state index in [1.165, 1.54) is 31.4 Å². The lowest BCUT2D eigenvalue weighted by molar-refractivity contribution is -0.143. The maximum Gasteiger partial charge on any atom is 0.311 e. The van der Waals surface area contributed by atoms with Crippen molar-refractivity contribution in [3.05, 3.63) is 35.7 Å². The summed E-state index contributed by atoms with van der Waals surface area (Å²) in [5.74, 6) is -1.67. The molecule has 0 saturated heterocycles. The van der Waals surface area contributed by atoms with Gasteiger partial charge in [-0.25, -0.2) is 4.39 Å². The normalized spacial score (nSPS) is 15.7. The summed E-state index contributed by atoms with van der Waals surface area (Å²) in [6.45, 7) is 0.114. The number of hydrogen-bond donors (Lipinski definition) is 2. The van der Waals surface area contributed by atoms with Gasteiger partial charge < -0.3 is 15.2 Å². The van der Waals surface area contributed by atoms with E-state index in [0.29, 0.717) is 18.4 Å². The predicted molar refractivity (Wildman–Crippen MR) is 74.3 cm³/mol. The molecular weight excluding hydrogens is 277 g/mol. The summed E-state index contributed by atoms with van der Waals surface area (Å²) in [5.41, 5.74) is -0.279. The van der Waals surface area contributed by atoms with Gasteiger partial charge in [0.2, 0.25) is 5.91 Å². The Bertz CT molecular complexity index is 593. The molecular formula is C15H16FNO4. The summed E-state index contributed by atoms with van der Waals surface area (Å²) < 4.78 is 18.2. The van der Waals surface area contributed by atoms with Crippen LogP contribution in [0, 0.1) is 11.2 Å². The first-order valence-electron chi connectivity index (χ1n) is 6.50. The number of carbonyl (C=O) groups is 2. The third-order valence-electron chi connectivity index (χ3n) is 3.51. The third-order valence-corrected chi connectivity index (χ3v) is 3.51. The van der Waals surface area contributed by atoms with Crippen LogP contribution in [0.15, 0.2) is 24.3 Å². The van der Waals surface area contributed by atoms with Crippen molar-refractivity contribution in [2.45, 2.75) is 12.8 Å². The molecule has 112 valence electrons. The number of carboxylic acids is 1. The van der Waals surface area contributed by atoms with Crippen LogP contribution >= 0.6 is 0 Å².